The first-order chi connectivity index (χ1) is 8.16. The van der Waals surface area contributed by atoms with Gasteiger partial charge in [0.2, 0.25) is 0 Å². The van der Waals surface area contributed by atoms with Crippen LogP contribution < -0.4 is 10.5 Å². The number of benzene rings is 2. The highest BCUT2D eigenvalue weighted by atomic mass is 19.1. The van der Waals surface area contributed by atoms with Gasteiger partial charge < -0.3 is 10.5 Å². The van der Waals surface area contributed by atoms with Crippen molar-refractivity contribution < 1.29 is 13.5 Å². The maximum Gasteiger partial charge on any atom is 0.165 e. The van der Waals surface area contributed by atoms with Gasteiger partial charge in [0.1, 0.15) is 12.4 Å². The average Bonchev–Trinajstić information content (AvgIpc) is 2.32. The summed E-state index contributed by atoms with van der Waals surface area (Å²) in [6.45, 7) is 0.0954. The second-order valence-electron chi connectivity index (χ2n) is 3.57. The Morgan fingerprint density at radius 2 is 1.76 bits per heavy atom. The van der Waals surface area contributed by atoms with Crippen molar-refractivity contribution in [2.24, 2.45) is 0 Å². The van der Waals surface area contributed by atoms with Gasteiger partial charge in [0, 0.05) is 0 Å². The van der Waals surface area contributed by atoms with Gasteiger partial charge in [-0.25, -0.2) is 8.78 Å². The molecule has 0 fully saturated rings. The molecule has 0 atom stereocenters. The highest BCUT2D eigenvalue weighted by Crippen LogP contribution is 2.18. The number of hydrogen-bond acceptors (Lipinski definition) is 2. The highest BCUT2D eigenvalue weighted by Gasteiger charge is 2.04. The van der Waals surface area contributed by atoms with Crippen LogP contribution in [-0.2, 0) is 6.61 Å². The smallest absolute Gasteiger partial charge is 0.165 e. The fourth-order valence-corrected chi connectivity index (χ4v) is 1.38. The molecule has 2 aromatic rings. The topological polar surface area (TPSA) is 35.2 Å². The second kappa shape index (κ2) is 4.82. The molecule has 0 aliphatic heterocycles. The van der Waals surface area contributed by atoms with Gasteiger partial charge in [-0.2, -0.15) is 0 Å². The van der Waals surface area contributed by atoms with Crippen molar-refractivity contribution in [2.45, 2.75) is 6.61 Å². The minimum Gasteiger partial charge on any atom is -0.486 e. The van der Waals surface area contributed by atoms with Crippen LogP contribution in [0.25, 0.3) is 0 Å². The van der Waals surface area contributed by atoms with E-state index in [4.69, 9.17) is 10.5 Å². The van der Waals surface area contributed by atoms with Gasteiger partial charge in [-0.15, -0.1) is 0 Å². The summed E-state index contributed by atoms with van der Waals surface area (Å²) in [4.78, 5) is 0. The number of rotatable bonds is 3. The van der Waals surface area contributed by atoms with Crippen molar-refractivity contribution in [3.63, 3.8) is 0 Å². The first-order valence-electron chi connectivity index (χ1n) is 5.08. The van der Waals surface area contributed by atoms with Gasteiger partial charge in [0.15, 0.2) is 11.6 Å². The third-order valence-corrected chi connectivity index (χ3v) is 2.30. The van der Waals surface area contributed by atoms with Crippen LogP contribution in [-0.4, -0.2) is 0 Å². The van der Waals surface area contributed by atoms with Gasteiger partial charge in [0.25, 0.3) is 0 Å². The molecule has 0 unspecified atom stereocenters. The standard InChI is InChI=1S/C13H11F2NO/c14-10-3-1-2-4-13(10)17-8-9-5-6-12(16)11(15)7-9/h1-7H,8,16H2. The van der Waals surface area contributed by atoms with Gasteiger partial charge in [-0.05, 0) is 29.8 Å². The van der Waals surface area contributed by atoms with Crippen LogP contribution in [0.15, 0.2) is 42.5 Å². The van der Waals surface area contributed by atoms with E-state index >= 15 is 0 Å². The van der Waals surface area contributed by atoms with Crippen molar-refractivity contribution in [1.82, 2.24) is 0 Å². The summed E-state index contributed by atoms with van der Waals surface area (Å²) in [5.74, 6) is -0.798. The van der Waals surface area contributed by atoms with E-state index in [1.54, 1.807) is 18.2 Å². The summed E-state index contributed by atoms with van der Waals surface area (Å²) < 4.78 is 31.6. The van der Waals surface area contributed by atoms with Crippen LogP contribution >= 0.6 is 0 Å². The minimum atomic E-state index is -0.500. The van der Waals surface area contributed by atoms with E-state index in [0.29, 0.717) is 5.56 Å². The Labute approximate surface area is 97.6 Å². The zero-order valence-corrected chi connectivity index (χ0v) is 8.99. The lowest BCUT2D eigenvalue weighted by molar-refractivity contribution is 0.290. The predicted octanol–water partition coefficient (Wildman–Crippen LogP) is 3.13. The third-order valence-electron chi connectivity index (χ3n) is 2.30. The van der Waals surface area contributed by atoms with E-state index < -0.39 is 11.6 Å². The molecule has 17 heavy (non-hydrogen) atoms. The first-order valence-corrected chi connectivity index (χ1v) is 5.08. The lowest BCUT2D eigenvalue weighted by atomic mass is 10.2. The Morgan fingerprint density at radius 3 is 2.47 bits per heavy atom. The summed E-state index contributed by atoms with van der Waals surface area (Å²) in [5, 5.41) is 0. The van der Waals surface area contributed by atoms with Gasteiger partial charge in [-0.3, -0.25) is 0 Å². The van der Waals surface area contributed by atoms with E-state index in [-0.39, 0.29) is 18.0 Å². The monoisotopic (exact) mass is 235 g/mol. The molecule has 4 heteroatoms. The maximum atomic E-state index is 13.2. The molecule has 0 amide bonds. The third kappa shape index (κ3) is 2.72. The van der Waals surface area contributed by atoms with Crippen LogP contribution in [0, 0.1) is 11.6 Å². The quantitative estimate of drug-likeness (QED) is 0.829. The van der Waals surface area contributed by atoms with Crippen LogP contribution in [0.2, 0.25) is 0 Å². The fourth-order valence-electron chi connectivity index (χ4n) is 1.38. The first kappa shape index (κ1) is 11.4. The molecular formula is C13H11F2NO. The Kier molecular flexibility index (Phi) is 3.23. The molecule has 2 N–H and O–H groups in total. The molecule has 0 bridgehead atoms. The summed E-state index contributed by atoms with van der Waals surface area (Å²) in [7, 11) is 0. The molecule has 0 aliphatic carbocycles. The molecule has 0 heterocycles. The molecule has 0 aliphatic rings. The largest absolute Gasteiger partial charge is 0.486 e. The van der Waals surface area contributed by atoms with Gasteiger partial charge in [-0.1, -0.05) is 18.2 Å². The maximum absolute atomic E-state index is 13.2. The normalized spacial score (nSPS) is 10.2. The number of nitrogen functional groups attached to an aromatic ring is 1. The molecule has 2 rings (SSSR count). The molecule has 2 nitrogen and oxygen atoms in total. The Morgan fingerprint density at radius 1 is 1.00 bits per heavy atom. The van der Waals surface area contributed by atoms with E-state index in [1.807, 2.05) is 0 Å². The van der Waals surface area contributed by atoms with E-state index in [2.05, 4.69) is 0 Å². The lowest BCUT2D eigenvalue weighted by Crippen LogP contribution is -1.99. The molecule has 0 spiro atoms. The number of anilines is 1. The van der Waals surface area contributed by atoms with E-state index in [0.717, 1.165) is 0 Å². The van der Waals surface area contributed by atoms with Crippen molar-refractivity contribution in [3.8, 4) is 5.75 Å². The van der Waals surface area contributed by atoms with Crippen molar-refractivity contribution in [1.29, 1.82) is 0 Å². The molecule has 88 valence electrons. The van der Waals surface area contributed by atoms with Crippen molar-refractivity contribution in [3.05, 3.63) is 59.7 Å². The van der Waals surface area contributed by atoms with E-state index in [1.165, 1.54) is 24.3 Å². The van der Waals surface area contributed by atoms with Gasteiger partial charge in [0.05, 0.1) is 5.69 Å². The minimum absolute atomic E-state index is 0.0830. The predicted molar refractivity (Wildman–Crippen MR) is 61.5 cm³/mol. The molecule has 0 saturated heterocycles. The molecule has 0 aromatic heterocycles. The number of para-hydroxylation sites is 1. The highest BCUT2D eigenvalue weighted by molar-refractivity contribution is 5.41. The SMILES string of the molecule is Nc1ccc(COc2ccccc2F)cc1F. The van der Waals surface area contributed by atoms with Crippen LogP contribution in [0.5, 0.6) is 5.75 Å². The number of halogens is 2. The number of ether oxygens (including phenoxy) is 1. The number of nitrogens with two attached hydrogens (primary N) is 1. The van der Waals surface area contributed by atoms with Crippen LogP contribution in [0.4, 0.5) is 14.5 Å². The average molecular weight is 235 g/mol. The van der Waals surface area contributed by atoms with Crippen molar-refractivity contribution in [2.75, 3.05) is 5.73 Å². The zero-order chi connectivity index (χ0) is 12.3. The number of hydrogen-bond donors (Lipinski definition) is 1. The summed E-state index contributed by atoms with van der Waals surface area (Å²) in [6.07, 6.45) is 0. The lowest BCUT2D eigenvalue weighted by Gasteiger charge is -2.07. The molecule has 2 aromatic carbocycles. The van der Waals surface area contributed by atoms with Crippen molar-refractivity contribution >= 4 is 5.69 Å². The molecular weight excluding hydrogens is 224 g/mol. The van der Waals surface area contributed by atoms with Crippen LogP contribution in [0.3, 0.4) is 0 Å². The Bertz CT molecular complexity index is 529. The Balaban J connectivity index is 2.08. The molecule has 0 radical (unpaired) electrons. The van der Waals surface area contributed by atoms with E-state index in [9.17, 15) is 8.78 Å². The van der Waals surface area contributed by atoms with Crippen LogP contribution in [0.1, 0.15) is 5.56 Å². The molecule has 0 saturated carbocycles. The van der Waals surface area contributed by atoms with Gasteiger partial charge >= 0.3 is 0 Å². The Hall–Kier alpha value is -2.10. The zero-order valence-electron chi connectivity index (χ0n) is 8.99. The fraction of sp³-hybridized carbons (Fsp3) is 0.0769. The summed E-state index contributed by atoms with van der Waals surface area (Å²) in [5.41, 5.74) is 6.02. The summed E-state index contributed by atoms with van der Waals surface area (Å²) >= 11 is 0. The second-order valence-corrected chi connectivity index (χ2v) is 3.57. The summed E-state index contributed by atoms with van der Waals surface area (Å²) in [6, 6.07) is 10.4.